The van der Waals surface area contributed by atoms with E-state index in [0.717, 1.165) is 15.2 Å². The highest BCUT2D eigenvalue weighted by atomic mass is 32.2. The first-order chi connectivity index (χ1) is 13.2. The minimum atomic E-state index is -3.78. The molecular weight excluding hydrogens is 356 g/mol. The van der Waals surface area contributed by atoms with Crippen LogP contribution < -0.4 is 0 Å². The highest BCUT2D eigenvalue weighted by Crippen LogP contribution is 2.33. The minimum Gasteiger partial charge on any atom is -0.199 e. The third-order valence-corrected chi connectivity index (χ3v) is 6.10. The van der Waals surface area contributed by atoms with Gasteiger partial charge in [0.05, 0.1) is 22.7 Å². The van der Waals surface area contributed by atoms with Crippen molar-refractivity contribution in [1.82, 2.24) is 9.19 Å². The molecule has 0 atom stereocenters. The average molecular weight is 374 g/mol. The zero-order valence-corrected chi connectivity index (χ0v) is 15.3. The molecule has 3 aromatic carbocycles. The molecule has 134 valence electrons. The van der Waals surface area contributed by atoms with E-state index in [2.05, 4.69) is 5.10 Å². The molecule has 0 aliphatic heterocycles. The third kappa shape index (κ3) is 3.29. The molecule has 5 heteroatoms. The van der Waals surface area contributed by atoms with Crippen LogP contribution in [0.3, 0.4) is 0 Å². The Bertz CT molecular complexity index is 1080. The summed E-state index contributed by atoms with van der Waals surface area (Å²) in [6.45, 7) is 0. The normalized spacial score (nSPS) is 11.6. The minimum absolute atomic E-state index is 0.217. The Labute approximate surface area is 158 Å². The molecule has 0 amide bonds. The number of hydrogen-bond acceptors (Lipinski definition) is 3. The first kappa shape index (κ1) is 17.2. The second-order valence-electron chi connectivity index (χ2n) is 6.17. The van der Waals surface area contributed by atoms with Gasteiger partial charge in [-0.2, -0.15) is 17.6 Å². The SMILES string of the molecule is O=S(=O)(c1ccccc1)n1nccc1C(c1ccccc1)c1ccccc1. The van der Waals surface area contributed by atoms with Crippen LogP contribution in [0.5, 0.6) is 0 Å². The summed E-state index contributed by atoms with van der Waals surface area (Å²) in [7, 11) is -3.78. The number of hydrogen-bond donors (Lipinski definition) is 0. The van der Waals surface area contributed by atoms with Crippen LogP contribution in [0.4, 0.5) is 0 Å². The summed E-state index contributed by atoms with van der Waals surface area (Å²) in [6, 6.07) is 29.9. The van der Waals surface area contributed by atoms with Crippen LogP contribution in [0.2, 0.25) is 0 Å². The van der Waals surface area contributed by atoms with Gasteiger partial charge < -0.3 is 0 Å². The van der Waals surface area contributed by atoms with Crippen molar-refractivity contribution < 1.29 is 8.42 Å². The Morgan fingerprint density at radius 3 is 1.67 bits per heavy atom. The highest BCUT2D eigenvalue weighted by molar-refractivity contribution is 7.89. The molecule has 0 N–H and O–H groups in total. The molecule has 4 aromatic rings. The van der Waals surface area contributed by atoms with Crippen LogP contribution in [-0.2, 0) is 10.0 Å². The maximum atomic E-state index is 13.2. The molecule has 0 fully saturated rings. The summed E-state index contributed by atoms with van der Waals surface area (Å²) in [5.74, 6) is -0.242. The number of benzene rings is 3. The highest BCUT2D eigenvalue weighted by Gasteiger charge is 2.27. The van der Waals surface area contributed by atoms with Gasteiger partial charge in [0, 0.05) is 0 Å². The topological polar surface area (TPSA) is 52.0 Å². The maximum Gasteiger partial charge on any atom is 0.283 e. The van der Waals surface area contributed by atoms with Gasteiger partial charge in [0.15, 0.2) is 0 Å². The molecule has 0 unspecified atom stereocenters. The van der Waals surface area contributed by atoms with E-state index in [1.54, 1.807) is 36.4 Å². The van der Waals surface area contributed by atoms with Gasteiger partial charge in [-0.3, -0.25) is 0 Å². The van der Waals surface area contributed by atoms with Crippen molar-refractivity contribution in [3.63, 3.8) is 0 Å². The van der Waals surface area contributed by atoms with E-state index in [1.165, 1.54) is 6.20 Å². The van der Waals surface area contributed by atoms with Gasteiger partial charge in [0.1, 0.15) is 0 Å². The van der Waals surface area contributed by atoms with Crippen LogP contribution in [0, 0.1) is 0 Å². The van der Waals surface area contributed by atoms with Crippen molar-refractivity contribution >= 4 is 10.0 Å². The Hall–Kier alpha value is -3.18. The number of rotatable bonds is 5. The van der Waals surface area contributed by atoms with E-state index >= 15 is 0 Å². The fraction of sp³-hybridized carbons (Fsp3) is 0.0455. The molecule has 0 spiro atoms. The summed E-state index contributed by atoms with van der Waals surface area (Å²) in [6.07, 6.45) is 1.54. The van der Waals surface area contributed by atoms with Crippen LogP contribution in [0.15, 0.2) is 108 Å². The lowest BCUT2D eigenvalue weighted by Crippen LogP contribution is -2.20. The number of nitrogens with zero attached hydrogens (tertiary/aromatic N) is 2. The van der Waals surface area contributed by atoms with Crippen molar-refractivity contribution in [2.24, 2.45) is 0 Å². The van der Waals surface area contributed by atoms with Crippen LogP contribution >= 0.6 is 0 Å². The van der Waals surface area contributed by atoms with E-state index < -0.39 is 10.0 Å². The molecule has 0 saturated carbocycles. The van der Waals surface area contributed by atoms with E-state index in [9.17, 15) is 8.42 Å². The lowest BCUT2D eigenvalue weighted by atomic mass is 9.89. The van der Waals surface area contributed by atoms with E-state index in [4.69, 9.17) is 0 Å². The van der Waals surface area contributed by atoms with Crippen molar-refractivity contribution in [3.05, 3.63) is 120 Å². The average Bonchev–Trinajstić information content (AvgIpc) is 3.21. The monoisotopic (exact) mass is 374 g/mol. The van der Waals surface area contributed by atoms with E-state index in [1.807, 2.05) is 60.7 Å². The molecule has 0 bridgehead atoms. The molecule has 4 rings (SSSR count). The second-order valence-corrected chi connectivity index (χ2v) is 7.94. The molecule has 1 aromatic heterocycles. The molecule has 0 radical (unpaired) electrons. The first-order valence-electron chi connectivity index (χ1n) is 8.62. The van der Waals surface area contributed by atoms with Crippen LogP contribution in [0.25, 0.3) is 0 Å². The lowest BCUT2D eigenvalue weighted by molar-refractivity contribution is 0.576. The molecule has 0 aliphatic rings. The van der Waals surface area contributed by atoms with Gasteiger partial charge in [0.2, 0.25) is 0 Å². The van der Waals surface area contributed by atoms with Gasteiger partial charge in [-0.15, -0.1) is 0 Å². The maximum absolute atomic E-state index is 13.2. The predicted molar refractivity (Wildman–Crippen MR) is 105 cm³/mol. The molecule has 0 saturated heterocycles. The zero-order chi connectivity index (χ0) is 18.7. The smallest absolute Gasteiger partial charge is 0.199 e. The Balaban J connectivity index is 1.90. The van der Waals surface area contributed by atoms with Gasteiger partial charge in [-0.1, -0.05) is 78.9 Å². The molecular formula is C22H18N2O2S. The Morgan fingerprint density at radius 1 is 0.667 bits per heavy atom. The fourth-order valence-corrected chi connectivity index (χ4v) is 4.55. The molecule has 1 heterocycles. The predicted octanol–water partition coefficient (Wildman–Crippen LogP) is 4.30. The van der Waals surface area contributed by atoms with Crippen molar-refractivity contribution in [2.45, 2.75) is 10.8 Å². The Morgan fingerprint density at radius 2 is 1.15 bits per heavy atom. The van der Waals surface area contributed by atoms with Crippen molar-refractivity contribution in [2.75, 3.05) is 0 Å². The first-order valence-corrected chi connectivity index (χ1v) is 10.1. The Kier molecular flexibility index (Phi) is 4.60. The summed E-state index contributed by atoms with van der Waals surface area (Å²) in [5, 5.41) is 4.16. The fourth-order valence-electron chi connectivity index (χ4n) is 3.23. The standard InChI is InChI=1S/C22H18N2O2S/c25-27(26,20-14-8-3-9-15-20)24-21(16-17-23-24)22(18-10-4-1-5-11-18)19-12-6-2-7-13-19/h1-17,22H. The quantitative estimate of drug-likeness (QED) is 0.523. The van der Waals surface area contributed by atoms with Crippen molar-refractivity contribution in [1.29, 1.82) is 0 Å². The third-order valence-electron chi connectivity index (χ3n) is 4.47. The zero-order valence-electron chi connectivity index (χ0n) is 14.5. The van der Waals surface area contributed by atoms with Gasteiger partial charge in [-0.25, -0.2) is 0 Å². The lowest BCUT2D eigenvalue weighted by Gasteiger charge is -2.20. The summed E-state index contributed by atoms with van der Waals surface area (Å²) < 4.78 is 27.5. The van der Waals surface area contributed by atoms with Crippen LogP contribution in [-0.4, -0.2) is 17.6 Å². The largest absolute Gasteiger partial charge is 0.283 e. The summed E-state index contributed by atoms with van der Waals surface area (Å²) >= 11 is 0. The number of aromatic nitrogens is 2. The van der Waals surface area contributed by atoms with Gasteiger partial charge in [-0.05, 0) is 29.3 Å². The van der Waals surface area contributed by atoms with Crippen LogP contribution in [0.1, 0.15) is 22.7 Å². The van der Waals surface area contributed by atoms with E-state index in [-0.39, 0.29) is 10.8 Å². The van der Waals surface area contributed by atoms with Crippen molar-refractivity contribution in [3.8, 4) is 0 Å². The second kappa shape index (κ2) is 7.21. The molecule has 4 nitrogen and oxygen atoms in total. The molecule has 27 heavy (non-hydrogen) atoms. The summed E-state index contributed by atoms with van der Waals surface area (Å²) in [4.78, 5) is 0.217. The van der Waals surface area contributed by atoms with Gasteiger partial charge >= 0.3 is 0 Å². The summed E-state index contributed by atoms with van der Waals surface area (Å²) in [5.41, 5.74) is 2.62. The van der Waals surface area contributed by atoms with E-state index in [0.29, 0.717) is 5.69 Å². The van der Waals surface area contributed by atoms with Gasteiger partial charge in [0.25, 0.3) is 10.0 Å². The molecule has 0 aliphatic carbocycles.